The molecule has 0 heterocycles. The Morgan fingerprint density at radius 2 is 2.24 bits per heavy atom. The summed E-state index contributed by atoms with van der Waals surface area (Å²) in [7, 11) is 3.43. The van der Waals surface area contributed by atoms with E-state index >= 15 is 0 Å². The molecule has 0 aromatic rings. The molecule has 0 aliphatic heterocycles. The molecule has 0 unspecified atom stereocenters. The molecular weight excluding hydrogens is 256 g/mol. The normalized spacial score (nSPS) is 14.0. The highest BCUT2D eigenvalue weighted by Crippen LogP contribution is 2.28. The average molecular weight is 276 g/mol. The Balaban J connectivity index is 3.70. The summed E-state index contributed by atoms with van der Waals surface area (Å²) >= 11 is 0. The van der Waals surface area contributed by atoms with Crippen LogP contribution >= 0.6 is 21.6 Å². The molecular formula is C12H20O3S2. The van der Waals surface area contributed by atoms with Crippen molar-refractivity contribution in [1.82, 2.24) is 0 Å². The zero-order chi connectivity index (χ0) is 13.1. The lowest BCUT2D eigenvalue weighted by Gasteiger charge is -2.04. The van der Waals surface area contributed by atoms with Gasteiger partial charge in [0.25, 0.3) is 0 Å². The third kappa shape index (κ3) is 8.35. The summed E-state index contributed by atoms with van der Waals surface area (Å²) in [5, 5.41) is 11.4. The van der Waals surface area contributed by atoms with Gasteiger partial charge in [0, 0.05) is 5.25 Å². The lowest BCUT2D eigenvalue weighted by Crippen LogP contribution is -2.10. The minimum absolute atomic E-state index is 0.240. The maximum Gasteiger partial charge on any atom is 0.336 e. The Bertz CT molecular complexity index is 275. The molecule has 0 bridgehead atoms. The number of allylic oxidation sites excluding steroid dienone is 1. The fourth-order valence-corrected chi connectivity index (χ4v) is 2.72. The van der Waals surface area contributed by atoms with Gasteiger partial charge in [0.2, 0.25) is 0 Å². The summed E-state index contributed by atoms with van der Waals surface area (Å²) in [6, 6.07) is 0. The average Bonchev–Trinajstić information content (AvgIpc) is 2.34. The van der Waals surface area contributed by atoms with Gasteiger partial charge in [-0.2, -0.15) is 0 Å². The molecule has 0 saturated carbocycles. The monoisotopic (exact) mass is 276 g/mol. The maximum absolute atomic E-state index is 11.3. The first-order valence-electron chi connectivity index (χ1n) is 5.56. The summed E-state index contributed by atoms with van der Waals surface area (Å²) in [4.78, 5) is 11.3. The molecule has 0 saturated heterocycles. The Kier molecular flexibility index (Phi) is 10.5. The molecule has 5 heteroatoms. The third-order valence-electron chi connectivity index (χ3n) is 2.04. The van der Waals surface area contributed by atoms with Crippen molar-refractivity contribution in [2.45, 2.75) is 32.4 Å². The minimum Gasteiger partial charge on any atom is -0.458 e. The number of rotatable bonds is 8. The lowest BCUT2D eigenvalue weighted by atomic mass is 10.3. The second kappa shape index (κ2) is 10.7. The van der Waals surface area contributed by atoms with Gasteiger partial charge in [-0.3, -0.25) is 0 Å². The summed E-state index contributed by atoms with van der Waals surface area (Å²) < 4.78 is 4.94. The summed E-state index contributed by atoms with van der Waals surface area (Å²) in [6.45, 7) is 5.98. The van der Waals surface area contributed by atoms with Crippen LogP contribution in [-0.2, 0) is 9.53 Å². The number of hydrogen-bond donors (Lipinski definition) is 1. The number of esters is 1. The number of ether oxygens (including phenoxy) is 1. The van der Waals surface area contributed by atoms with Crippen LogP contribution in [0.4, 0.5) is 0 Å². The predicted molar refractivity (Wildman–Crippen MR) is 75.9 cm³/mol. The van der Waals surface area contributed by atoms with Crippen molar-refractivity contribution in [2.24, 2.45) is 0 Å². The van der Waals surface area contributed by atoms with Crippen LogP contribution in [0, 0.1) is 0 Å². The van der Waals surface area contributed by atoms with Crippen molar-refractivity contribution in [3.05, 3.63) is 23.1 Å². The first kappa shape index (κ1) is 16.6. The standard InChI is InChI=1S/C12H20O3S2/c1-4-10(3)17-16-8-6-7-15-12(14)11(5-2)9-13/h5-6,8,10,13H,4,7,9H2,1-3H3/t10-/m1/s1. The van der Waals surface area contributed by atoms with E-state index in [0.717, 1.165) is 6.42 Å². The maximum atomic E-state index is 11.3. The van der Waals surface area contributed by atoms with Gasteiger partial charge in [-0.15, -0.1) is 0 Å². The number of carbonyl (C=O) groups excluding carboxylic acids is 1. The smallest absolute Gasteiger partial charge is 0.336 e. The third-order valence-corrected chi connectivity index (χ3v) is 4.77. The Hall–Kier alpha value is -0.390. The summed E-state index contributed by atoms with van der Waals surface area (Å²) in [5.41, 5.74) is 0.292. The molecule has 0 amide bonds. The van der Waals surface area contributed by atoms with Gasteiger partial charge in [-0.25, -0.2) is 4.79 Å². The van der Waals surface area contributed by atoms with Crippen molar-refractivity contribution in [3.8, 4) is 0 Å². The van der Waals surface area contributed by atoms with E-state index in [4.69, 9.17) is 9.84 Å². The summed E-state index contributed by atoms with van der Waals surface area (Å²) in [6.07, 6.45) is 4.49. The molecule has 1 N–H and O–H groups in total. The van der Waals surface area contributed by atoms with Crippen LogP contribution in [0.2, 0.25) is 0 Å². The van der Waals surface area contributed by atoms with Gasteiger partial charge in [0.05, 0.1) is 12.2 Å². The van der Waals surface area contributed by atoms with Crippen molar-refractivity contribution in [3.63, 3.8) is 0 Å². The van der Waals surface area contributed by atoms with E-state index in [9.17, 15) is 4.79 Å². The van der Waals surface area contributed by atoms with Crippen LogP contribution in [0.25, 0.3) is 0 Å². The Morgan fingerprint density at radius 3 is 2.76 bits per heavy atom. The molecule has 0 aromatic carbocycles. The van der Waals surface area contributed by atoms with Gasteiger partial charge in [0.15, 0.2) is 0 Å². The molecule has 1 atom stereocenters. The van der Waals surface area contributed by atoms with Crippen molar-refractivity contribution >= 4 is 27.6 Å². The van der Waals surface area contributed by atoms with E-state index in [-0.39, 0.29) is 13.2 Å². The fraction of sp³-hybridized carbons (Fsp3) is 0.583. The van der Waals surface area contributed by atoms with E-state index in [2.05, 4.69) is 13.8 Å². The Morgan fingerprint density at radius 1 is 1.53 bits per heavy atom. The van der Waals surface area contributed by atoms with Crippen LogP contribution in [0.15, 0.2) is 23.1 Å². The van der Waals surface area contributed by atoms with E-state index in [1.807, 2.05) is 5.41 Å². The highest BCUT2D eigenvalue weighted by atomic mass is 33.1. The molecule has 0 aromatic heterocycles. The fourth-order valence-electron chi connectivity index (χ4n) is 0.764. The summed E-state index contributed by atoms with van der Waals surface area (Å²) in [5.74, 6) is -0.459. The lowest BCUT2D eigenvalue weighted by molar-refractivity contribution is -0.138. The molecule has 98 valence electrons. The largest absolute Gasteiger partial charge is 0.458 e. The second-order valence-electron chi connectivity index (χ2n) is 3.35. The highest BCUT2D eigenvalue weighted by Gasteiger charge is 2.06. The highest BCUT2D eigenvalue weighted by molar-refractivity contribution is 8.78. The van der Waals surface area contributed by atoms with E-state index in [0.29, 0.717) is 10.8 Å². The van der Waals surface area contributed by atoms with Crippen molar-refractivity contribution in [1.29, 1.82) is 0 Å². The number of hydrogen-bond acceptors (Lipinski definition) is 5. The molecule has 17 heavy (non-hydrogen) atoms. The van der Waals surface area contributed by atoms with Crippen LogP contribution in [0.1, 0.15) is 27.2 Å². The van der Waals surface area contributed by atoms with Crippen LogP contribution in [0.3, 0.4) is 0 Å². The van der Waals surface area contributed by atoms with Crippen LogP contribution in [0.5, 0.6) is 0 Å². The molecule has 0 spiro atoms. The molecule has 0 aliphatic rings. The predicted octanol–water partition coefficient (Wildman–Crippen LogP) is 3.16. The van der Waals surface area contributed by atoms with Gasteiger partial charge in [-0.1, -0.05) is 41.5 Å². The number of aliphatic hydroxyl groups excluding tert-OH is 1. The van der Waals surface area contributed by atoms with Crippen molar-refractivity contribution < 1.29 is 14.6 Å². The minimum atomic E-state index is -0.459. The van der Waals surface area contributed by atoms with Crippen LogP contribution in [-0.4, -0.2) is 29.5 Å². The topological polar surface area (TPSA) is 46.5 Å². The zero-order valence-corrected chi connectivity index (χ0v) is 12.1. The quantitative estimate of drug-likeness (QED) is 0.419. The zero-order valence-electron chi connectivity index (χ0n) is 10.5. The molecule has 0 radical (unpaired) electrons. The molecule has 3 nitrogen and oxygen atoms in total. The van der Waals surface area contributed by atoms with Crippen molar-refractivity contribution in [2.75, 3.05) is 13.2 Å². The van der Waals surface area contributed by atoms with E-state index in [1.54, 1.807) is 40.7 Å². The first-order chi connectivity index (χ1) is 8.15. The van der Waals surface area contributed by atoms with Crippen LogP contribution < -0.4 is 0 Å². The molecule has 0 fully saturated rings. The van der Waals surface area contributed by atoms with E-state index in [1.165, 1.54) is 0 Å². The van der Waals surface area contributed by atoms with Gasteiger partial charge >= 0.3 is 5.97 Å². The molecule has 0 rings (SSSR count). The SMILES string of the molecule is CC=C(CO)C(=O)OCC=CSS[C@H](C)CC. The molecule has 0 aliphatic carbocycles. The van der Waals surface area contributed by atoms with Gasteiger partial charge in [0.1, 0.15) is 6.61 Å². The number of carbonyl (C=O) groups is 1. The van der Waals surface area contributed by atoms with Gasteiger partial charge in [-0.05, 0) is 24.8 Å². The van der Waals surface area contributed by atoms with E-state index < -0.39 is 5.97 Å². The number of aliphatic hydroxyl groups is 1. The second-order valence-corrected chi connectivity index (χ2v) is 5.97. The Labute approximate surface area is 111 Å². The van der Waals surface area contributed by atoms with Gasteiger partial charge < -0.3 is 9.84 Å². The first-order valence-corrected chi connectivity index (χ1v) is 7.83.